The Balaban J connectivity index is 1.70. The molecule has 1 saturated carbocycles. The van der Waals surface area contributed by atoms with Gasteiger partial charge in [-0.3, -0.25) is 4.79 Å². The van der Waals surface area contributed by atoms with Crippen molar-refractivity contribution < 1.29 is 4.79 Å². The molecule has 2 aliphatic rings. The molecule has 1 N–H and O–H groups in total. The smallest absolute Gasteiger partial charge is 0.241 e. The maximum absolute atomic E-state index is 12.0. The van der Waals surface area contributed by atoms with Gasteiger partial charge in [0.1, 0.15) is 0 Å². The number of carbonyl (C=O) groups is 1. The average Bonchev–Trinajstić information content (AvgIpc) is 3.28. The Morgan fingerprint density at radius 2 is 2.10 bits per heavy atom. The summed E-state index contributed by atoms with van der Waals surface area (Å²) in [4.78, 5) is 16.1. The molecule has 3 rings (SSSR count). The summed E-state index contributed by atoms with van der Waals surface area (Å²) < 4.78 is 0. The third-order valence-corrected chi connectivity index (χ3v) is 4.45. The minimum absolute atomic E-state index is 0.214. The van der Waals surface area contributed by atoms with Crippen LogP contribution < -0.4 is 10.2 Å². The minimum atomic E-state index is 0.214. The van der Waals surface area contributed by atoms with Crippen molar-refractivity contribution in [2.75, 3.05) is 31.6 Å². The third-order valence-electron chi connectivity index (χ3n) is 4.45. The van der Waals surface area contributed by atoms with Crippen LogP contribution >= 0.6 is 0 Å². The molecule has 21 heavy (non-hydrogen) atoms. The molecule has 4 nitrogen and oxygen atoms in total. The topological polar surface area (TPSA) is 35.6 Å². The van der Waals surface area contributed by atoms with E-state index in [9.17, 15) is 4.79 Å². The summed E-state index contributed by atoms with van der Waals surface area (Å²) in [6.45, 7) is 5.41. The molecule has 1 aliphatic carbocycles. The number of anilines is 1. The molecular weight excluding hydrogens is 262 g/mol. The van der Waals surface area contributed by atoms with Crippen LogP contribution in [0.3, 0.4) is 0 Å². The van der Waals surface area contributed by atoms with Gasteiger partial charge in [0, 0.05) is 38.4 Å². The Kier molecular flexibility index (Phi) is 4.15. The number of benzene rings is 1. The van der Waals surface area contributed by atoms with Crippen LogP contribution in [0.25, 0.3) is 0 Å². The van der Waals surface area contributed by atoms with E-state index in [2.05, 4.69) is 35.3 Å². The Morgan fingerprint density at radius 3 is 2.81 bits per heavy atom. The average molecular weight is 287 g/mol. The van der Waals surface area contributed by atoms with Crippen molar-refractivity contribution in [1.82, 2.24) is 10.2 Å². The number of amides is 1. The van der Waals surface area contributed by atoms with Crippen LogP contribution in [0.1, 0.15) is 30.4 Å². The molecule has 0 aromatic heterocycles. The summed E-state index contributed by atoms with van der Waals surface area (Å²) in [6, 6.07) is 7.36. The van der Waals surface area contributed by atoms with Crippen LogP contribution in [-0.4, -0.2) is 43.5 Å². The van der Waals surface area contributed by atoms with Crippen molar-refractivity contribution >= 4 is 11.6 Å². The summed E-state index contributed by atoms with van der Waals surface area (Å²) in [5, 5.41) is 3.55. The zero-order valence-electron chi connectivity index (χ0n) is 13.1. The normalized spacial score (nSPS) is 19.8. The van der Waals surface area contributed by atoms with Crippen molar-refractivity contribution in [3.05, 3.63) is 29.3 Å². The Morgan fingerprint density at radius 1 is 1.29 bits per heavy atom. The number of rotatable bonds is 4. The lowest BCUT2D eigenvalue weighted by Gasteiger charge is -2.24. The van der Waals surface area contributed by atoms with Crippen molar-refractivity contribution in [2.24, 2.45) is 0 Å². The van der Waals surface area contributed by atoms with Crippen molar-refractivity contribution in [3.63, 3.8) is 0 Å². The van der Waals surface area contributed by atoms with Gasteiger partial charge in [-0.2, -0.15) is 0 Å². The second-order valence-corrected chi connectivity index (χ2v) is 6.37. The van der Waals surface area contributed by atoms with E-state index in [1.165, 1.54) is 29.7 Å². The van der Waals surface area contributed by atoms with Crippen LogP contribution in [0, 0.1) is 6.92 Å². The van der Waals surface area contributed by atoms with Gasteiger partial charge in [0.2, 0.25) is 5.91 Å². The molecule has 1 aromatic rings. The van der Waals surface area contributed by atoms with Crippen LogP contribution in [0.15, 0.2) is 18.2 Å². The quantitative estimate of drug-likeness (QED) is 0.919. The minimum Gasteiger partial charge on any atom is -0.362 e. The van der Waals surface area contributed by atoms with Gasteiger partial charge < -0.3 is 15.1 Å². The number of nitrogens with one attached hydrogen (secondary N) is 1. The zero-order valence-corrected chi connectivity index (χ0v) is 13.1. The lowest BCUT2D eigenvalue weighted by atomic mass is 10.1. The molecule has 1 heterocycles. The van der Waals surface area contributed by atoms with Crippen molar-refractivity contribution in [3.8, 4) is 0 Å². The summed E-state index contributed by atoms with van der Waals surface area (Å²) in [6.07, 6.45) is 3.67. The highest BCUT2D eigenvalue weighted by atomic mass is 16.2. The van der Waals surface area contributed by atoms with Gasteiger partial charge in [-0.25, -0.2) is 0 Å². The maximum Gasteiger partial charge on any atom is 0.241 e. The number of nitrogens with zero attached hydrogens (tertiary/aromatic N) is 2. The lowest BCUT2D eigenvalue weighted by molar-refractivity contribution is -0.127. The molecule has 0 bridgehead atoms. The molecule has 1 aliphatic heterocycles. The van der Waals surface area contributed by atoms with E-state index >= 15 is 0 Å². The van der Waals surface area contributed by atoms with Crippen molar-refractivity contribution in [2.45, 2.75) is 38.8 Å². The second kappa shape index (κ2) is 6.06. The molecule has 2 fully saturated rings. The highest BCUT2D eigenvalue weighted by Gasteiger charge is 2.21. The zero-order chi connectivity index (χ0) is 14.8. The first-order valence-electron chi connectivity index (χ1n) is 7.95. The maximum atomic E-state index is 12.0. The van der Waals surface area contributed by atoms with Crippen LogP contribution in [0.5, 0.6) is 0 Å². The first-order valence-corrected chi connectivity index (χ1v) is 7.95. The van der Waals surface area contributed by atoms with Gasteiger partial charge in [-0.1, -0.05) is 12.1 Å². The first-order chi connectivity index (χ1) is 10.1. The van der Waals surface area contributed by atoms with Crippen LogP contribution in [0.4, 0.5) is 5.69 Å². The van der Waals surface area contributed by atoms with Gasteiger partial charge in [-0.05, 0) is 43.4 Å². The fourth-order valence-corrected chi connectivity index (χ4v) is 2.92. The molecule has 0 spiro atoms. The SMILES string of the molecule is Cc1cc(CNC2CC2)ccc1N1CCCN(C)C(=O)C1. The Hall–Kier alpha value is -1.55. The molecule has 4 heteroatoms. The molecular formula is C17H25N3O. The third kappa shape index (κ3) is 3.56. The van der Waals surface area contributed by atoms with E-state index in [0.29, 0.717) is 6.54 Å². The lowest BCUT2D eigenvalue weighted by Crippen LogP contribution is -2.34. The van der Waals surface area contributed by atoms with Gasteiger partial charge in [0.25, 0.3) is 0 Å². The number of hydrogen-bond acceptors (Lipinski definition) is 3. The number of hydrogen-bond donors (Lipinski definition) is 1. The molecule has 114 valence electrons. The molecule has 0 radical (unpaired) electrons. The van der Waals surface area contributed by atoms with E-state index in [-0.39, 0.29) is 5.91 Å². The standard InChI is InChI=1S/C17H25N3O/c1-13-10-14(11-18-15-5-6-15)4-7-16(13)20-9-3-8-19(2)17(21)12-20/h4,7,10,15,18H,3,5-6,8-9,11-12H2,1-2H3. The summed E-state index contributed by atoms with van der Waals surface area (Å²) in [5.74, 6) is 0.214. The summed E-state index contributed by atoms with van der Waals surface area (Å²) >= 11 is 0. The van der Waals surface area contributed by atoms with Crippen molar-refractivity contribution in [1.29, 1.82) is 0 Å². The second-order valence-electron chi connectivity index (χ2n) is 6.37. The summed E-state index contributed by atoms with van der Waals surface area (Å²) in [7, 11) is 1.89. The van der Waals surface area contributed by atoms with E-state index in [0.717, 1.165) is 32.1 Å². The molecule has 0 unspecified atom stereocenters. The van der Waals surface area contributed by atoms with Crippen LogP contribution in [-0.2, 0) is 11.3 Å². The monoisotopic (exact) mass is 287 g/mol. The molecule has 1 saturated heterocycles. The van der Waals surface area contributed by atoms with E-state index < -0.39 is 0 Å². The van der Waals surface area contributed by atoms with Gasteiger partial charge in [0.05, 0.1) is 6.54 Å². The van der Waals surface area contributed by atoms with Gasteiger partial charge >= 0.3 is 0 Å². The summed E-state index contributed by atoms with van der Waals surface area (Å²) in [5.41, 5.74) is 3.80. The highest BCUT2D eigenvalue weighted by molar-refractivity contribution is 5.82. The number of aryl methyl sites for hydroxylation is 1. The predicted octanol–water partition coefficient (Wildman–Crippen LogP) is 1.92. The predicted molar refractivity (Wildman–Crippen MR) is 85.5 cm³/mol. The number of carbonyl (C=O) groups excluding carboxylic acids is 1. The fraction of sp³-hybridized carbons (Fsp3) is 0.588. The van der Waals surface area contributed by atoms with Crippen LogP contribution in [0.2, 0.25) is 0 Å². The molecule has 1 aromatic carbocycles. The van der Waals surface area contributed by atoms with E-state index in [1.54, 1.807) is 0 Å². The van der Waals surface area contributed by atoms with Gasteiger partial charge in [0.15, 0.2) is 0 Å². The van der Waals surface area contributed by atoms with E-state index in [1.807, 2.05) is 11.9 Å². The number of likely N-dealkylation sites (N-methyl/N-ethyl adjacent to an activating group) is 1. The Labute approximate surface area is 127 Å². The Bertz CT molecular complexity index is 525. The van der Waals surface area contributed by atoms with E-state index in [4.69, 9.17) is 0 Å². The first kappa shape index (κ1) is 14.4. The van der Waals surface area contributed by atoms with Gasteiger partial charge in [-0.15, -0.1) is 0 Å². The molecule has 1 amide bonds. The highest BCUT2D eigenvalue weighted by Crippen LogP contribution is 2.24. The largest absolute Gasteiger partial charge is 0.362 e. The fourth-order valence-electron chi connectivity index (χ4n) is 2.92. The molecule has 0 atom stereocenters.